The Morgan fingerprint density at radius 2 is 2.41 bits per heavy atom. The van der Waals surface area contributed by atoms with Gasteiger partial charge in [-0.1, -0.05) is 12.1 Å². The summed E-state index contributed by atoms with van der Waals surface area (Å²) in [5.74, 6) is 3.87. The van der Waals surface area contributed by atoms with Gasteiger partial charge >= 0.3 is 0 Å². The van der Waals surface area contributed by atoms with Gasteiger partial charge in [0.1, 0.15) is 6.61 Å². The first-order chi connectivity index (χ1) is 8.35. The Labute approximate surface area is 106 Å². The van der Waals surface area contributed by atoms with E-state index in [4.69, 9.17) is 9.26 Å². The number of thioether (sulfide) groups is 1. The fourth-order valence-electron chi connectivity index (χ4n) is 1.87. The molecule has 1 aromatic heterocycles. The Morgan fingerprint density at radius 3 is 3.18 bits per heavy atom. The van der Waals surface area contributed by atoms with Crippen molar-refractivity contribution in [3.8, 4) is 0 Å². The first-order valence-corrected chi connectivity index (χ1v) is 7.15. The van der Waals surface area contributed by atoms with Crippen LogP contribution in [0.3, 0.4) is 0 Å². The lowest BCUT2D eigenvalue weighted by atomic mass is 10.0. The van der Waals surface area contributed by atoms with Crippen LogP contribution in [0.1, 0.15) is 31.0 Å². The second-order valence-electron chi connectivity index (χ2n) is 4.14. The summed E-state index contributed by atoms with van der Waals surface area (Å²) >= 11 is 1.92. The topological polar surface area (TPSA) is 60.2 Å². The van der Waals surface area contributed by atoms with Crippen molar-refractivity contribution in [2.24, 2.45) is 0 Å². The number of ether oxygens (including phenoxy) is 1. The van der Waals surface area contributed by atoms with Crippen molar-refractivity contribution in [2.75, 3.05) is 25.2 Å². The van der Waals surface area contributed by atoms with Gasteiger partial charge in [-0.05, 0) is 13.5 Å². The minimum absolute atomic E-state index is 0.331. The lowest BCUT2D eigenvalue weighted by Crippen LogP contribution is -2.31. The SMILES string of the molecule is CCCOCc1noc(C2CSCC2NC)n1. The van der Waals surface area contributed by atoms with Crippen LogP contribution in [-0.4, -0.2) is 41.3 Å². The molecular weight excluding hydrogens is 238 g/mol. The number of nitrogens with zero attached hydrogens (tertiary/aromatic N) is 2. The minimum Gasteiger partial charge on any atom is -0.373 e. The molecule has 2 heterocycles. The van der Waals surface area contributed by atoms with E-state index in [0.717, 1.165) is 30.4 Å². The van der Waals surface area contributed by atoms with E-state index >= 15 is 0 Å². The molecule has 2 atom stereocenters. The first kappa shape index (κ1) is 12.9. The lowest BCUT2D eigenvalue weighted by molar-refractivity contribution is 0.114. The molecule has 1 aromatic rings. The summed E-state index contributed by atoms with van der Waals surface area (Å²) in [6.07, 6.45) is 1.01. The zero-order chi connectivity index (χ0) is 12.1. The second-order valence-corrected chi connectivity index (χ2v) is 5.22. The maximum atomic E-state index is 5.39. The quantitative estimate of drug-likeness (QED) is 0.778. The highest BCUT2D eigenvalue weighted by Crippen LogP contribution is 2.31. The smallest absolute Gasteiger partial charge is 0.232 e. The van der Waals surface area contributed by atoms with Crippen LogP contribution in [0, 0.1) is 0 Å². The van der Waals surface area contributed by atoms with Gasteiger partial charge in [-0.3, -0.25) is 0 Å². The third kappa shape index (κ3) is 3.20. The van der Waals surface area contributed by atoms with Crippen LogP contribution in [0.2, 0.25) is 0 Å². The fraction of sp³-hybridized carbons (Fsp3) is 0.818. The standard InChI is InChI=1S/C11H19N3O2S/c1-3-4-15-5-10-13-11(16-14-10)8-6-17-7-9(8)12-2/h8-9,12H,3-7H2,1-2H3. The minimum atomic E-state index is 0.331. The molecule has 96 valence electrons. The summed E-state index contributed by atoms with van der Waals surface area (Å²) < 4.78 is 10.7. The summed E-state index contributed by atoms with van der Waals surface area (Å²) in [5, 5.41) is 7.25. The van der Waals surface area contributed by atoms with Gasteiger partial charge in [-0.25, -0.2) is 0 Å². The van der Waals surface area contributed by atoms with Crippen LogP contribution in [0.25, 0.3) is 0 Å². The Bertz CT molecular complexity index is 345. The number of hydrogen-bond donors (Lipinski definition) is 1. The maximum Gasteiger partial charge on any atom is 0.232 e. The molecule has 1 aliphatic heterocycles. The van der Waals surface area contributed by atoms with Crippen molar-refractivity contribution in [1.82, 2.24) is 15.5 Å². The van der Waals surface area contributed by atoms with Crippen LogP contribution in [0.15, 0.2) is 4.52 Å². The van der Waals surface area contributed by atoms with Crippen LogP contribution in [0.5, 0.6) is 0 Å². The van der Waals surface area contributed by atoms with Gasteiger partial charge in [-0.15, -0.1) is 0 Å². The molecule has 0 aromatic carbocycles. The third-order valence-corrected chi connectivity index (χ3v) is 4.02. The molecule has 2 unspecified atom stereocenters. The van der Waals surface area contributed by atoms with E-state index in [1.54, 1.807) is 0 Å². The largest absolute Gasteiger partial charge is 0.373 e. The number of nitrogens with one attached hydrogen (secondary N) is 1. The van der Waals surface area contributed by atoms with E-state index < -0.39 is 0 Å². The van der Waals surface area contributed by atoms with E-state index in [1.807, 2.05) is 18.8 Å². The summed E-state index contributed by atoms with van der Waals surface area (Å²) in [5.41, 5.74) is 0. The predicted molar refractivity (Wildman–Crippen MR) is 67.2 cm³/mol. The summed E-state index contributed by atoms with van der Waals surface area (Å²) in [7, 11) is 1.98. The predicted octanol–water partition coefficient (Wildman–Crippen LogP) is 1.41. The molecule has 0 saturated carbocycles. The van der Waals surface area contributed by atoms with Crippen molar-refractivity contribution >= 4 is 11.8 Å². The third-order valence-electron chi connectivity index (χ3n) is 2.83. The fourth-order valence-corrected chi connectivity index (χ4v) is 3.28. The van der Waals surface area contributed by atoms with Crippen LogP contribution in [-0.2, 0) is 11.3 Å². The van der Waals surface area contributed by atoms with E-state index in [9.17, 15) is 0 Å². The highest BCUT2D eigenvalue weighted by molar-refractivity contribution is 7.99. The van der Waals surface area contributed by atoms with Crippen LogP contribution < -0.4 is 5.32 Å². The van der Waals surface area contributed by atoms with Crippen molar-refractivity contribution < 1.29 is 9.26 Å². The highest BCUT2D eigenvalue weighted by atomic mass is 32.2. The molecular formula is C11H19N3O2S. The molecule has 0 aliphatic carbocycles. The van der Waals surface area contributed by atoms with Crippen molar-refractivity contribution in [3.05, 3.63) is 11.7 Å². The number of hydrogen-bond acceptors (Lipinski definition) is 6. The molecule has 6 heteroatoms. The Kier molecular flexibility index (Phi) is 4.82. The zero-order valence-electron chi connectivity index (χ0n) is 10.3. The van der Waals surface area contributed by atoms with Crippen molar-refractivity contribution in [1.29, 1.82) is 0 Å². The van der Waals surface area contributed by atoms with Gasteiger partial charge in [0, 0.05) is 24.2 Å². The summed E-state index contributed by atoms with van der Waals surface area (Å²) in [6, 6.07) is 0.435. The molecule has 1 fully saturated rings. The Hall–Kier alpha value is -0.590. The molecule has 1 aliphatic rings. The monoisotopic (exact) mass is 257 g/mol. The molecule has 0 amide bonds. The van der Waals surface area contributed by atoms with E-state index in [2.05, 4.69) is 22.4 Å². The molecule has 17 heavy (non-hydrogen) atoms. The summed E-state index contributed by atoms with van der Waals surface area (Å²) in [4.78, 5) is 4.41. The van der Waals surface area contributed by atoms with Gasteiger partial charge in [0.2, 0.25) is 5.89 Å². The average molecular weight is 257 g/mol. The van der Waals surface area contributed by atoms with Gasteiger partial charge in [0.15, 0.2) is 5.82 Å². The molecule has 2 rings (SSSR count). The van der Waals surface area contributed by atoms with Gasteiger partial charge in [0.25, 0.3) is 0 Å². The Morgan fingerprint density at radius 1 is 1.53 bits per heavy atom. The molecule has 0 bridgehead atoms. The number of rotatable bonds is 6. The van der Waals surface area contributed by atoms with Crippen LogP contribution >= 0.6 is 11.8 Å². The number of aromatic nitrogens is 2. The average Bonchev–Trinajstić information content (AvgIpc) is 2.96. The molecule has 1 N–H and O–H groups in total. The first-order valence-electron chi connectivity index (χ1n) is 6.00. The molecule has 5 nitrogen and oxygen atoms in total. The molecule has 0 radical (unpaired) electrons. The second kappa shape index (κ2) is 6.37. The van der Waals surface area contributed by atoms with E-state index in [1.165, 1.54) is 0 Å². The van der Waals surface area contributed by atoms with Gasteiger partial charge < -0.3 is 14.6 Å². The van der Waals surface area contributed by atoms with Crippen molar-refractivity contribution in [3.63, 3.8) is 0 Å². The van der Waals surface area contributed by atoms with Gasteiger partial charge in [-0.2, -0.15) is 16.7 Å². The van der Waals surface area contributed by atoms with E-state index in [-0.39, 0.29) is 0 Å². The van der Waals surface area contributed by atoms with Crippen molar-refractivity contribution in [2.45, 2.75) is 31.9 Å². The van der Waals surface area contributed by atoms with Gasteiger partial charge in [0.05, 0.1) is 5.92 Å². The molecule has 1 saturated heterocycles. The summed E-state index contributed by atoms with van der Waals surface area (Å²) in [6.45, 7) is 3.26. The lowest BCUT2D eigenvalue weighted by Gasteiger charge is -2.13. The normalized spacial score (nSPS) is 24.4. The molecule has 0 spiro atoms. The zero-order valence-corrected chi connectivity index (χ0v) is 11.1. The maximum absolute atomic E-state index is 5.39. The Balaban J connectivity index is 1.93. The van der Waals surface area contributed by atoms with Crippen LogP contribution in [0.4, 0.5) is 0 Å². The van der Waals surface area contributed by atoms with E-state index in [0.29, 0.717) is 24.4 Å². The number of likely N-dealkylation sites (N-methyl/N-ethyl adjacent to an activating group) is 1. The highest BCUT2D eigenvalue weighted by Gasteiger charge is 2.32.